The van der Waals surface area contributed by atoms with Gasteiger partial charge in [-0.2, -0.15) is 0 Å². The van der Waals surface area contributed by atoms with Crippen LogP contribution in [0, 0.1) is 0 Å². The first-order chi connectivity index (χ1) is 13.5. The number of hydrogen-bond donors (Lipinski definition) is 3. The minimum Gasteiger partial charge on any atom is -0.356 e. The van der Waals surface area contributed by atoms with E-state index in [2.05, 4.69) is 25.5 Å². The molecule has 8 heteroatoms. The molecule has 3 rings (SSSR count). The third-order valence-corrected chi connectivity index (χ3v) is 5.50. The van der Waals surface area contributed by atoms with Crippen molar-refractivity contribution in [2.24, 2.45) is 0 Å². The molecule has 2 atom stereocenters. The molecular weight excluding hydrogens is 378 g/mol. The average Bonchev–Trinajstić information content (AvgIpc) is 3.31. The smallest absolute Gasteiger partial charge is 0.251 e. The number of imidazole rings is 1. The molecule has 0 unspecified atom stereocenters. The standard InChI is InChI=1S/C20H26ClN5O2/c1-26-17(10-19(27)23-8-7-16-11-22-13-25-16)5-6-18(26)12-24-20(28)14-3-2-4-15(21)9-14/h2-4,9,11,13,17-18H,5-8,10,12H2,1H3,(H,22,25)(H,23,27)(H,24,28)/t17-,18+/m1/s1. The van der Waals surface area contributed by atoms with Crippen LogP contribution in [0.2, 0.25) is 5.02 Å². The van der Waals surface area contributed by atoms with E-state index in [0.29, 0.717) is 30.1 Å². The molecule has 1 aromatic heterocycles. The van der Waals surface area contributed by atoms with E-state index in [-0.39, 0.29) is 23.9 Å². The molecule has 0 saturated carbocycles. The van der Waals surface area contributed by atoms with Crippen LogP contribution in [0.3, 0.4) is 0 Å². The van der Waals surface area contributed by atoms with Crippen LogP contribution in [-0.2, 0) is 11.2 Å². The van der Waals surface area contributed by atoms with Crippen molar-refractivity contribution in [1.29, 1.82) is 0 Å². The Morgan fingerprint density at radius 1 is 1.29 bits per heavy atom. The predicted molar refractivity (Wildman–Crippen MR) is 108 cm³/mol. The molecule has 2 heterocycles. The molecule has 28 heavy (non-hydrogen) atoms. The van der Waals surface area contributed by atoms with E-state index in [4.69, 9.17) is 11.6 Å². The normalized spacial score (nSPS) is 19.5. The highest BCUT2D eigenvalue weighted by molar-refractivity contribution is 6.30. The number of benzene rings is 1. The molecule has 1 aromatic carbocycles. The molecule has 2 amide bonds. The van der Waals surface area contributed by atoms with Gasteiger partial charge in [-0.15, -0.1) is 0 Å². The third kappa shape index (κ3) is 5.56. The van der Waals surface area contributed by atoms with Crippen molar-refractivity contribution >= 4 is 23.4 Å². The molecule has 7 nitrogen and oxygen atoms in total. The molecule has 1 fully saturated rings. The fourth-order valence-corrected chi connectivity index (χ4v) is 3.76. The highest BCUT2D eigenvalue weighted by Gasteiger charge is 2.31. The molecule has 1 saturated heterocycles. The Morgan fingerprint density at radius 3 is 2.86 bits per heavy atom. The number of likely N-dealkylation sites (tertiary alicyclic amines) is 1. The number of hydrogen-bond acceptors (Lipinski definition) is 4. The van der Waals surface area contributed by atoms with Crippen LogP contribution in [0.15, 0.2) is 36.8 Å². The summed E-state index contributed by atoms with van der Waals surface area (Å²) in [5, 5.41) is 6.48. The fourth-order valence-electron chi connectivity index (χ4n) is 3.57. The maximum absolute atomic E-state index is 12.3. The number of carbonyl (C=O) groups excluding carboxylic acids is 2. The maximum Gasteiger partial charge on any atom is 0.251 e. The first-order valence-electron chi connectivity index (χ1n) is 9.52. The van der Waals surface area contributed by atoms with Gasteiger partial charge in [0.05, 0.1) is 6.33 Å². The zero-order valence-corrected chi connectivity index (χ0v) is 16.7. The van der Waals surface area contributed by atoms with Gasteiger partial charge in [-0.1, -0.05) is 17.7 Å². The lowest BCUT2D eigenvalue weighted by Crippen LogP contribution is -2.42. The number of likely N-dealkylation sites (N-methyl/N-ethyl adjacent to an activating group) is 1. The van der Waals surface area contributed by atoms with E-state index in [0.717, 1.165) is 25.0 Å². The summed E-state index contributed by atoms with van der Waals surface area (Å²) in [6.45, 7) is 1.15. The predicted octanol–water partition coefficient (Wildman–Crippen LogP) is 2.00. The van der Waals surface area contributed by atoms with Gasteiger partial charge in [0.1, 0.15) is 0 Å². The number of H-pyrrole nitrogens is 1. The summed E-state index contributed by atoms with van der Waals surface area (Å²) in [7, 11) is 2.02. The molecule has 150 valence electrons. The summed E-state index contributed by atoms with van der Waals surface area (Å²) in [6.07, 6.45) is 6.51. The second kappa shape index (κ2) is 9.71. The number of amides is 2. The van der Waals surface area contributed by atoms with Crippen LogP contribution in [0.5, 0.6) is 0 Å². The minimum atomic E-state index is -0.129. The first kappa shape index (κ1) is 20.4. The van der Waals surface area contributed by atoms with Gasteiger partial charge in [0.2, 0.25) is 5.91 Å². The lowest BCUT2D eigenvalue weighted by atomic mass is 10.1. The van der Waals surface area contributed by atoms with Gasteiger partial charge in [-0.3, -0.25) is 14.5 Å². The molecular formula is C20H26ClN5O2. The van der Waals surface area contributed by atoms with Crippen LogP contribution in [0.4, 0.5) is 0 Å². The van der Waals surface area contributed by atoms with Crippen LogP contribution < -0.4 is 10.6 Å². The van der Waals surface area contributed by atoms with Gasteiger partial charge >= 0.3 is 0 Å². The quantitative estimate of drug-likeness (QED) is 0.628. The molecule has 2 aromatic rings. The number of aromatic amines is 1. The van der Waals surface area contributed by atoms with E-state index >= 15 is 0 Å². The molecule has 1 aliphatic rings. The van der Waals surface area contributed by atoms with Crippen molar-refractivity contribution < 1.29 is 9.59 Å². The van der Waals surface area contributed by atoms with Crippen LogP contribution >= 0.6 is 11.6 Å². The molecule has 0 bridgehead atoms. The Labute approximate surface area is 169 Å². The van der Waals surface area contributed by atoms with Crippen molar-refractivity contribution in [1.82, 2.24) is 25.5 Å². The van der Waals surface area contributed by atoms with Gasteiger partial charge in [0.25, 0.3) is 5.91 Å². The summed E-state index contributed by atoms with van der Waals surface area (Å²) in [4.78, 5) is 33.7. The monoisotopic (exact) mass is 403 g/mol. The molecule has 0 radical (unpaired) electrons. The SMILES string of the molecule is CN1[C@@H](CC(=O)NCCc2cnc[nH]2)CC[C@H]1CNC(=O)c1cccc(Cl)c1. The average molecular weight is 404 g/mol. The highest BCUT2D eigenvalue weighted by Crippen LogP contribution is 2.24. The van der Waals surface area contributed by atoms with Gasteiger partial charge in [-0.25, -0.2) is 4.98 Å². The van der Waals surface area contributed by atoms with Gasteiger partial charge < -0.3 is 15.6 Å². The summed E-state index contributed by atoms with van der Waals surface area (Å²) >= 11 is 5.94. The Morgan fingerprint density at radius 2 is 2.11 bits per heavy atom. The second-order valence-electron chi connectivity index (χ2n) is 7.15. The van der Waals surface area contributed by atoms with Crippen LogP contribution in [-0.4, -0.2) is 58.9 Å². The van der Waals surface area contributed by atoms with Crippen molar-refractivity contribution in [3.8, 4) is 0 Å². The second-order valence-corrected chi connectivity index (χ2v) is 7.59. The maximum atomic E-state index is 12.3. The number of aromatic nitrogens is 2. The lowest BCUT2D eigenvalue weighted by molar-refractivity contribution is -0.122. The number of carbonyl (C=O) groups is 2. The molecule has 1 aliphatic heterocycles. The Bertz CT molecular complexity index is 796. The number of rotatable bonds is 8. The van der Waals surface area contributed by atoms with Crippen molar-refractivity contribution in [3.63, 3.8) is 0 Å². The van der Waals surface area contributed by atoms with Crippen molar-refractivity contribution in [2.45, 2.75) is 37.8 Å². The van der Waals surface area contributed by atoms with Crippen molar-refractivity contribution in [2.75, 3.05) is 20.1 Å². The third-order valence-electron chi connectivity index (χ3n) is 5.26. The summed E-state index contributed by atoms with van der Waals surface area (Å²) < 4.78 is 0. The largest absolute Gasteiger partial charge is 0.356 e. The summed E-state index contributed by atoms with van der Waals surface area (Å²) in [5.41, 5.74) is 1.56. The number of nitrogens with zero attached hydrogens (tertiary/aromatic N) is 2. The number of halogens is 1. The lowest BCUT2D eigenvalue weighted by Gasteiger charge is -2.25. The zero-order chi connectivity index (χ0) is 19.9. The summed E-state index contributed by atoms with van der Waals surface area (Å²) in [6, 6.07) is 7.33. The Balaban J connectivity index is 1.39. The van der Waals surface area contributed by atoms with Gasteiger partial charge in [0.15, 0.2) is 0 Å². The molecule has 3 N–H and O–H groups in total. The van der Waals surface area contributed by atoms with E-state index in [9.17, 15) is 9.59 Å². The zero-order valence-electron chi connectivity index (χ0n) is 16.0. The summed E-state index contributed by atoms with van der Waals surface area (Å²) in [5.74, 6) is -0.0733. The molecule has 0 spiro atoms. The highest BCUT2D eigenvalue weighted by atomic mass is 35.5. The Hall–Kier alpha value is -2.38. The Kier molecular flexibility index (Phi) is 7.06. The van der Waals surface area contributed by atoms with E-state index < -0.39 is 0 Å². The minimum absolute atomic E-state index is 0.0555. The fraction of sp³-hybridized carbons (Fsp3) is 0.450. The van der Waals surface area contributed by atoms with E-state index in [1.54, 1.807) is 36.8 Å². The van der Waals surface area contributed by atoms with Crippen LogP contribution in [0.1, 0.15) is 35.3 Å². The van der Waals surface area contributed by atoms with Gasteiger partial charge in [-0.05, 0) is 38.1 Å². The number of nitrogens with one attached hydrogen (secondary N) is 3. The van der Waals surface area contributed by atoms with Gasteiger partial charge in [0, 0.05) is 60.5 Å². The topological polar surface area (TPSA) is 90.1 Å². The van der Waals surface area contributed by atoms with E-state index in [1.807, 2.05) is 7.05 Å². The van der Waals surface area contributed by atoms with Crippen molar-refractivity contribution in [3.05, 3.63) is 53.1 Å². The first-order valence-corrected chi connectivity index (χ1v) is 9.90. The van der Waals surface area contributed by atoms with E-state index in [1.165, 1.54) is 0 Å². The molecule has 0 aliphatic carbocycles. The van der Waals surface area contributed by atoms with Crippen LogP contribution in [0.25, 0.3) is 0 Å².